The van der Waals surface area contributed by atoms with E-state index in [-0.39, 0.29) is 29.8 Å². The van der Waals surface area contributed by atoms with Crippen molar-refractivity contribution in [2.45, 2.75) is 45.4 Å². The van der Waals surface area contributed by atoms with Gasteiger partial charge < -0.3 is 9.31 Å². The highest BCUT2D eigenvalue weighted by Gasteiger charge is 2.52. The number of thiazole rings is 1. The molecule has 2 aliphatic heterocycles. The van der Waals surface area contributed by atoms with E-state index in [1.54, 1.807) is 11.3 Å². The maximum Gasteiger partial charge on any atom is 0.507 e. The summed E-state index contributed by atoms with van der Waals surface area (Å²) in [4.78, 5) is 6.59. The molecule has 2 saturated heterocycles. The van der Waals surface area contributed by atoms with Crippen molar-refractivity contribution >= 4 is 33.1 Å². The van der Waals surface area contributed by atoms with Crippen molar-refractivity contribution in [1.82, 2.24) is 9.88 Å². The minimum Gasteiger partial charge on any atom is -0.399 e. The number of rotatable bonds is 3. The first-order chi connectivity index (χ1) is 10.6. The normalized spacial score (nSPS) is 26.5. The summed E-state index contributed by atoms with van der Waals surface area (Å²) in [6, 6.07) is 0. The summed E-state index contributed by atoms with van der Waals surface area (Å²) >= 11 is 1.57. The van der Waals surface area contributed by atoms with Gasteiger partial charge in [0.15, 0.2) is 9.84 Å². The summed E-state index contributed by atoms with van der Waals surface area (Å²) in [6.07, 6.45) is 1.81. The minimum absolute atomic E-state index is 0.239. The van der Waals surface area contributed by atoms with Gasteiger partial charge in [-0.2, -0.15) is 0 Å². The second kappa shape index (κ2) is 5.80. The highest BCUT2D eigenvalue weighted by Crippen LogP contribution is 2.36. The van der Waals surface area contributed by atoms with Gasteiger partial charge in [-0.15, -0.1) is 11.3 Å². The van der Waals surface area contributed by atoms with E-state index in [1.165, 1.54) is 0 Å². The Labute approximate surface area is 142 Å². The van der Waals surface area contributed by atoms with Crippen LogP contribution in [-0.4, -0.2) is 61.2 Å². The molecule has 2 aliphatic rings. The Kier molecular flexibility index (Phi) is 4.38. The van der Waals surface area contributed by atoms with E-state index < -0.39 is 9.84 Å². The molecular weight excluding hydrogens is 335 g/mol. The van der Waals surface area contributed by atoms with E-state index >= 15 is 0 Å². The first-order valence-electron chi connectivity index (χ1n) is 7.81. The molecule has 3 rings (SSSR count). The van der Waals surface area contributed by atoms with Crippen molar-refractivity contribution in [3.05, 3.63) is 11.2 Å². The van der Waals surface area contributed by atoms with E-state index in [1.807, 2.05) is 33.9 Å². The Morgan fingerprint density at radius 3 is 2.35 bits per heavy atom. The fraction of sp³-hybridized carbons (Fsp3) is 0.786. The number of aromatic nitrogens is 1. The second-order valence-electron chi connectivity index (χ2n) is 7.17. The van der Waals surface area contributed by atoms with E-state index in [9.17, 15) is 8.42 Å². The zero-order valence-corrected chi connectivity index (χ0v) is 15.7. The minimum atomic E-state index is -2.84. The lowest BCUT2D eigenvalue weighted by Crippen LogP contribution is -2.41. The third-order valence-electron chi connectivity index (χ3n) is 4.85. The molecule has 0 aromatic carbocycles. The van der Waals surface area contributed by atoms with Crippen LogP contribution in [0.1, 0.15) is 32.7 Å². The van der Waals surface area contributed by atoms with E-state index in [4.69, 9.17) is 9.31 Å². The smallest absolute Gasteiger partial charge is 0.399 e. The van der Waals surface area contributed by atoms with Crippen LogP contribution in [0.4, 0.5) is 0 Å². The second-order valence-corrected chi connectivity index (χ2v) is 10.6. The third kappa shape index (κ3) is 3.63. The summed E-state index contributed by atoms with van der Waals surface area (Å²) in [7, 11) is -3.22. The lowest BCUT2D eigenvalue weighted by Gasteiger charge is -2.32. The third-order valence-corrected chi connectivity index (χ3v) is 7.47. The molecule has 0 unspecified atom stereocenters. The van der Waals surface area contributed by atoms with Gasteiger partial charge >= 0.3 is 7.12 Å². The van der Waals surface area contributed by atoms with Crippen LogP contribution in [0.3, 0.4) is 0 Å². The standard InChI is InChI=1S/C14H23BN2O4S2/c1-13(2)14(3,4)21-15(20-13)11-9-16-12(22-11)10-17-5-7-23(18,19)8-6-17/h9H,5-8,10H2,1-4H3. The van der Waals surface area contributed by atoms with E-state index in [0.29, 0.717) is 19.6 Å². The van der Waals surface area contributed by atoms with Crippen molar-refractivity contribution < 1.29 is 17.7 Å². The van der Waals surface area contributed by atoms with Crippen molar-refractivity contribution in [3.63, 3.8) is 0 Å². The van der Waals surface area contributed by atoms with Crippen LogP contribution in [0.5, 0.6) is 0 Å². The van der Waals surface area contributed by atoms with Crippen molar-refractivity contribution in [3.8, 4) is 0 Å². The molecule has 0 atom stereocenters. The molecule has 23 heavy (non-hydrogen) atoms. The van der Waals surface area contributed by atoms with Gasteiger partial charge in [0, 0.05) is 19.3 Å². The zero-order valence-electron chi connectivity index (χ0n) is 14.0. The van der Waals surface area contributed by atoms with Gasteiger partial charge in [-0.1, -0.05) is 0 Å². The Morgan fingerprint density at radius 1 is 1.22 bits per heavy atom. The molecule has 0 bridgehead atoms. The Bertz CT molecular complexity index is 657. The van der Waals surface area contributed by atoms with Gasteiger partial charge in [-0.3, -0.25) is 4.90 Å². The number of hydrogen-bond acceptors (Lipinski definition) is 7. The summed E-state index contributed by atoms with van der Waals surface area (Å²) in [5.41, 5.74) is -0.716. The van der Waals surface area contributed by atoms with Crippen LogP contribution in [0, 0.1) is 0 Å². The summed E-state index contributed by atoms with van der Waals surface area (Å²) in [5, 5.41) is 0.967. The molecular formula is C14H23BN2O4S2. The first-order valence-corrected chi connectivity index (χ1v) is 10.4. The Morgan fingerprint density at radius 2 is 1.78 bits per heavy atom. The molecule has 9 heteroatoms. The van der Waals surface area contributed by atoms with Crippen molar-refractivity contribution in [2.75, 3.05) is 24.6 Å². The topological polar surface area (TPSA) is 68.7 Å². The molecule has 2 fully saturated rings. The predicted molar refractivity (Wildman–Crippen MR) is 91.8 cm³/mol. The molecule has 0 amide bonds. The van der Waals surface area contributed by atoms with Gasteiger partial charge in [0.1, 0.15) is 5.01 Å². The van der Waals surface area contributed by atoms with Gasteiger partial charge in [-0.25, -0.2) is 13.4 Å². The van der Waals surface area contributed by atoms with Gasteiger partial charge in [0.05, 0.1) is 34.0 Å². The fourth-order valence-electron chi connectivity index (χ4n) is 2.57. The maximum atomic E-state index is 11.5. The number of hydrogen-bond donors (Lipinski definition) is 0. The lowest BCUT2D eigenvalue weighted by molar-refractivity contribution is 0.00578. The van der Waals surface area contributed by atoms with Crippen LogP contribution in [0.25, 0.3) is 0 Å². The largest absolute Gasteiger partial charge is 0.507 e. The molecule has 0 aliphatic carbocycles. The monoisotopic (exact) mass is 358 g/mol. The van der Waals surface area contributed by atoms with Crippen LogP contribution in [-0.2, 0) is 25.7 Å². The van der Waals surface area contributed by atoms with Crippen LogP contribution in [0.2, 0.25) is 0 Å². The molecule has 0 spiro atoms. The highest BCUT2D eigenvalue weighted by atomic mass is 32.2. The van der Waals surface area contributed by atoms with Gasteiger partial charge in [0.25, 0.3) is 0 Å². The molecule has 6 nitrogen and oxygen atoms in total. The maximum absolute atomic E-state index is 11.5. The first kappa shape index (κ1) is 17.4. The summed E-state index contributed by atoms with van der Waals surface area (Å²) in [5.74, 6) is 0.477. The molecule has 0 radical (unpaired) electrons. The van der Waals surface area contributed by atoms with Crippen LogP contribution in [0.15, 0.2) is 6.20 Å². The van der Waals surface area contributed by atoms with Gasteiger partial charge in [0.2, 0.25) is 0 Å². The number of sulfone groups is 1. The lowest BCUT2D eigenvalue weighted by atomic mass is 9.89. The fourth-order valence-corrected chi connectivity index (χ4v) is 4.76. The average Bonchev–Trinajstić information content (AvgIpc) is 2.96. The molecule has 0 saturated carbocycles. The zero-order chi connectivity index (χ0) is 16.9. The molecule has 3 heterocycles. The Balaban J connectivity index is 1.63. The molecule has 128 valence electrons. The number of nitrogens with zero attached hydrogens (tertiary/aromatic N) is 2. The van der Waals surface area contributed by atoms with Crippen molar-refractivity contribution in [2.24, 2.45) is 0 Å². The van der Waals surface area contributed by atoms with E-state index in [2.05, 4.69) is 9.88 Å². The van der Waals surface area contributed by atoms with Gasteiger partial charge in [-0.05, 0) is 27.7 Å². The summed E-state index contributed by atoms with van der Waals surface area (Å²) in [6.45, 7) is 9.96. The van der Waals surface area contributed by atoms with Crippen molar-refractivity contribution in [1.29, 1.82) is 0 Å². The summed E-state index contributed by atoms with van der Waals surface area (Å²) < 4.78 is 36.0. The molecule has 1 aromatic heterocycles. The SMILES string of the molecule is CC1(C)OB(c2cnc(CN3CCS(=O)(=O)CC3)s2)OC1(C)C. The molecule has 0 N–H and O–H groups in total. The predicted octanol–water partition coefficient (Wildman–Crippen LogP) is 0.673. The highest BCUT2D eigenvalue weighted by molar-refractivity contribution is 7.91. The quantitative estimate of drug-likeness (QED) is 0.740. The Hall–Kier alpha value is -0.475. The average molecular weight is 358 g/mol. The van der Waals surface area contributed by atoms with Crippen LogP contribution < -0.4 is 4.78 Å². The van der Waals surface area contributed by atoms with Crippen LogP contribution >= 0.6 is 11.3 Å². The van der Waals surface area contributed by atoms with E-state index in [0.717, 1.165) is 9.78 Å². The molecule has 1 aromatic rings.